The van der Waals surface area contributed by atoms with Crippen LogP contribution < -0.4 is 0 Å². The summed E-state index contributed by atoms with van der Waals surface area (Å²) in [6, 6.07) is 1.72. The van der Waals surface area contributed by atoms with E-state index >= 15 is 0 Å². The summed E-state index contributed by atoms with van der Waals surface area (Å²) >= 11 is 5.84. The van der Waals surface area contributed by atoms with Crippen molar-refractivity contribution in [2.45, 2.75) is 0 Å². The van der Waals surface area contributed by atoms with Gasteiger partial charge in [0.05, 0.1) is 10.4 Å². The van der Waals surface area contributed by atoms with Crippen LogP contribution in [0.15, 0.2) is 24.8 Å². The Balaban J connectivity index is 2.91. The van der Waals surface area contributed by atoms with Crippen LogP contribution in [-0.4, -0.2) is 15.0 Å². The molecule has 0 radical (unpaired) electrons. The summed E-state index contributed by atoms with van der Waals surface area (Å²) in [5.41, 5.74) is 0.632. The lowest BCUT2D eigenvalue weighted by molar-refractivity contribution is 1.18. The molecular formula is C7H4ClN3. The van der Waals surface area contributed by atoms with E-state index in [0.717, 1.165) is 5.39 Å². The highest BCUT2D eigenvalue weighted by atomic mass is 35.5. The van der Waals surface area contributed by atoms with Gasteiger partial charge in [-0.25, -0.2) is 15.0 Å². The zero-order valence-electron chi connectivity index (χ0n) is 5.53. The molecule has 0 atom stereocenters. The molecular weight excluding hydrogens is 162 g/mol. The summed E-state index contributed by atoms with van der Waals surface area (Å²) in [6.07, 6.45) is 4.72. The van der Waals surface area contributed by atoms with Gasteiger partial charge in [0.1, 0.15) is 6.33 Å². The van der Waals surface area contributed by atoms with Gasteiger partial charge in [-0.3, -0.25) is 0 Å². The number of fused-ring (bicyclic) bond motifs is 1. The first kappa shape index (κ1) is 6.49. The Morgan fingerprint density at radius 1 is 1.27 bits per heavy atom. The fourth-order valence-corrected chi connectivity index (χ4v) is 1.05. The van der Waals surface area contributed by atoms with Crippen molar-refractivity contribution in [2.24, 2.45) is 0 Å². The molecule has 0 amide bonds. The molecule has 0 N–H and O–H groups in total. The summed E-state index contributed by atoms with van der Waals surface area (Å²) < 4.78 is 0. The maximum atomic E-state index is 5.84. The number of halogens is 1. The molecule has 4 heteroatoms. The molecule has 11 heavy (non-hydrogen) atoms. The van der Waals surface area contributed by atoms with Crippen molar-refractivity contribution in [3.8, 4) is 0 Å². The van der Waals surface area contributed by atoms with E-state index in [4.69, 9.17) is 11.6 Å². The van der Waals surface area contributed by atoms with Gasteiger partial charge in [-0.2, -0.15) is 0 Å². The van der Waals surface area contributed by atoms with E-state index < -0.39 is 0 Å². The van der Waals surface area contributed by atoms with Gasteiger partial charge < -0.3 is 0 Å². The topological polar surface area (TPSA) is 38.7 Å². The van der Waals surface area contributed by atoms with Gasteiger partial charge in [-0.15, -0.1) is 0 Å². The van der Waals surface area contributed by atoms with Crippen molar-refractivity contribution in [3.05, 3.63) is 29.8 Å². The number of aromatic nitrogens is 3. The van der Waals surface area contributed by atoms with Crippen molar-refractivity contribution in [1.29, 1.82) is 0 Å². The first-order valence-corrected chi connectivity index (χ1v) is 3.46. The van der Waals surface area contributed by atoms with Crippen LogP contribution in [0.5, 0.6) is 0 Å². The number of pyridine rings is 1. The largest absolute Gasteiger partial charge is 0.244 e. The molecule has 0 bridgehead atoms. The molecule has 2 rings (SSSR count). The molecule has 0 saturated carbocycles. The highest BCUT2D eigenvalue weighted by molar-refractivity contribution is 6.35. The summed E-state index contributed by atoms with van der Waals surface area (Å²) in [7, 11) is 0. The van der Waals surface area contributed by atoms with Crippen LogP contribution in [0.3, 0.4) is 0 Å². The van der Waals surface area contributed by atoms with E-state index in [1.807, 2.05) is 0 Å². The molecule has 0 aliphatic carbocycles. The predicted octanol–water partition coefficient (Wildman–Crippen LogP) is 1.68. The smallest absolute Gasteiger partial charge is 0.163 e. The van der Waals surface area contributed by atoms with Crippen LogP contribution >= 0.6 is 11.6 Å². The average molecular weight is 166 g/mol. The van der Waals surface area contributed by atoms with Gasteiger partial charge in [0.2, 0.25) is 0 Å². The third kappa shape index (κ3) is 1.03. The molecule has 0 aliphatic rings. The Hall–Kier alpha value is -1.22. The maximum Gasteiger partial charge on any atom is 0.163 e. The van der Waals surface area contributed by atoms with E-state index in [1.165, 1.54) is 6.33 Å². The lowest BCUT2D eigenvalue weighted by atomic mass is 10.3. The van der Waals surface area contributed by atoms with Gasteiger partial charge >= 0.3 is 0 Å². The fraction of sp³-hybridized carbons (Fsp3) is 0. The van der Waals surface area contributed by atoms with Gasteiger partial charge in [0.25, 0.3) is 0 Å². The maximum absolute atomic E-state index is 5.84. The first-order chi connectivity index (χ1) is 5.38. The minimum atomic E-state index is 0.632. The molecule has 0 unspecified atom stereocenters. The molecule has 0 aliphatic heterocycles. The normalized spacial score (nSPS) is 10.3. The molecule has 3 nitrogen and oxygen atoms in total. The van der Waals surface area contributed by atoms with Crippen LogP contribution in [0.4, 0.5) is 0 Å². The molecule has 54 valence electrons. The minimum Gasteiger partial charge on any atom is -0.244 e. The highest BCUT2D eigenvalue weighted by Gasteiger charge is 1.97. The lowest BCUT2D eigenvalue weighted by Gasteiger charge is -1.94. The van der Waals surface area contributed by atoms with E-state index in [1.54, 1.807) is 18.5 Å². The van der Waals surface area contributed by atoms with E-state index in [2.05, 4.69) is 15.0 Å². The van der Waals surface area contributed by atoms with Crippen LogP contribution in [-0.2, 0) is 0 Å². The zero-order chi connectivity index (χ0) is 7.68. The molecule has 0 aromatic carbocycles. The molecule has 2 aromatic rings. The lowest BCUT2D eigenvalue weighted by Crippen LogP contribution is -1.84. The quantitative estimate of drug-likeness (QED) is 0.596. The Kier molecular flexibility index (Phi) is 1.43. The number of rotatable bonds is 0. The summed E-state index contributed by atoms with van der Waals surface area (Å²) in [5.74, 6) is 0. The molecule has 0 saturated heterocycles. The molecule has 2 heterocycles. The second-order valence-corrected chi connectivity index (χ2v) is 2.46. The van der Waals surface area contributed by atoms with Crippen molar-refractivity contribution < 1.29 is 0 Å². The van der Waals surface area contributed by atoms with Gasteiger partial charge in [-0.1, -0.05) is 11.6 Å². The fourth-order valence-electron chi connectivity index (χ4n) is 0.858. The standard InChI is InChI=1S/C7H4ClN3/c8-6-1-2-10-7-5(6)3-9-4-11-7/h1-4H. The monoisotopic (exact) mass is 165 g/mol. The summed E-state index contributed by atoms with van der Waals surface area (Å²) in [6.45, 7) is 0. The Morgan fingerprint density at radius 3 is 3.00 bits per heavy atom. The average Bonchev–Trinajstić information content (AvgIpc) is 2.06. The van der Waals surface area contributed by atoms with Crippen LogP contribution in [0.25, 0.3) is 11.0 Å². The Labute approximate surface area is 68.1 Å². The molecule has 2 aromatic heterocycles. The third-order valence-corrected chi connectivity index (χ3v) is 1.70. The van der Waals surface area contributed by atoms with Gasteiger partial charge in [-0.05, 0) is 6.07 Å². The van der Waals surface area contributed by atoms with E-state index in [9.17, 15) is 0 Å². The molecule has 0 spiro atoms. The predicted molar refractivity (Wildman–Crippen MR) is 42.3 cm³/mol. The number of nitrogens with zero attached hydrogens (tertiary/aromatic N) is 3. The van der Waals surface area contributed by atoms with E-state index in [-0.39, 0.29) is 0 Å². The second kappa shape index (κ2) is 2.43. The van der Waals surface area contributed by atoms with Crippen LogP contribution in [0.1, 0.15) is 0 Å². The van der Waals surface area contributed by atoms with Crippen molar-refractivity contribution >= 4 is 22.6 Å². The summed E-state index contributed by atoms with van der Waals surface area (Å²) in [5, 5.41) is 1.42. The van der Waals surface area contributed by atoms with Crippen LogP contribution in [0, 0.1) is 0 Å². The summed E-state index contributed by atoms with van der Waals surface area (Å²) in [4.78, 5) is 11.8. The first-order valence-electron chi connectivity index (χ1n) is 3.08. The van der Waals surface area contributed by atoms with E-state index in [0.29, 0.717) is 10.7 Å². The third-order valence-electron chi connectivity index (χ3n) is 1.37. The number of hydrogen-bond acceptors (Lipinski definition) is 3. The van der Waals surface area contributed by atoms with Gasteiger partial charge in [0.15, 0.2) is 5.65 Å². The highest BCUT2D eigenvalue weighted by Crippen LogP contribution is 2.17. The van der Waals surface area contributed by atoms with Crippen LogP contribution in [0.2, 0.25) is 5.02 Å². The van der Waals surface area contributed by atoms with Crippen molar-refractivity contribution in [3.63, 3.8) is 0 Å². The number of hydrogen-bond donors (Lipinski definition) is 0. The minimum absolute atomic E-state index is 0.632. The SMILES string of the molecule is Clc1ccnc2ncncc12. The Morgan fingerprint density at radius 2 is 2.18 bits per heavy atom. The zero-order valence-corrected chi connectivity index (χ0v) is 6.28. The second-order valence-electron chi connectivity index (χ2n) is 2.05. The molecule has 0 fully saturated rings. The van der Waals surface area contributed by atoms with Crippen molar-refractivity contribution in [1.82, 2.24) is 15.0 Å². The Bertz CT molecular complexity index is 383. The van der Waals surface area contributed by atoms with Crippen molar-refractivity contribution in [2.75, 3.05) is 0 Å². The van der Waals surface area contributed by atoms with Gasteiger partial charge in [0, 0.05) is 12.4 Å².